The van der Waals surface area contributed by atoms with Crippen LogP contribution in [0.2, 0.25) is 0 Å². The summed E-state index contributed by atoms with van der Waals surface area (Å²) in [7, 11) is 1.54. The molecule has 0 bridgehead atoms. The molecule has 244 valence electrons. The second-order valence-electron chi connectivity index (χ2n) is 9.35. The van der Waals surface area contributed by atoms with E-state index in [1.807, 2.05) is 13.8 Å². The Labute approximate surface area is 255 Å². The van der Waals surface area contributed by atoms with Gasteiger partial charge in [0.15, 0.2) is 6.10 Å². The number of benzene rings is 1. The number of carbonyl (C=O) groups is 6. The molecular weight excluding hydrogens is 582 g/mol. The number of nitrogens with zero attached hydrogens (tertiary/aromatic N) is 1. The van der Waals surface area contributed by atoms with E-state index in [1.165, 1.54) is 31.0 Å². The number of anilines is 1. The average Bonchev–Trinajstić information content (AvgIpc) is 2.98. The molecule has 1 aliphatic heterocycles. The smallest absolute Gasteiger partial charge is 0.335 e. The lowest BCUT2D eigenvalue weighted by Gasteiger charge is -2.35. The Bertz CT molecular complexity index is 1170. The van der Waals surface area contributed by atoms with Gasteiger partial charge in [-0.1, -0.05) is 19.9 Å². The van der Waals surface area contributed by atoms with Crippen LogP contribution < -0.4 is 15.4 Å². The van der Waals surface area contributed by atoms with E-state index in [0.717, 1.165) is 12.2 Å². The second-order valence-corrected chi connectivity index (χ2v) is 9.35. The topological polar surface area (TPSA) is 218 Å². The van der Waals surface area contributed by atoms with Crippen LogP contribution in [0, 0.1) is 0 Å². The molecule has 15 nitrogen and oxygen atoms in total. The van der Waals surface area contributed by atoms with E-state index in [9.17, 15) is 44.1 Å². The number of hydrogen-bond acceptors (Lipinski definition) is 11. The lowest BCUT2D eigenvalue weighted by molar-refractivity contribution is -0.228. The Balaban J connectivity index is 0.00000474. The summed E-state index contributed by atoms with van der Waals surface area (Å²) in [6, 6.07) is 4.45. The van der Waals surface area contributed by atoms with Crippen LogP contribution >= 0.6 is 0 Å². The average molecular weight is 624 g/mol. The summed E-state index contributed by atoms with van der Waals surface area (Å²) < 4.78 is 16.0. The zero-order valence-corrected chi connectivity index (χ0v) is 25.2. The highest BCUT2D eigenvalue weighted by molar-refractivity contribution is 5.93. The van der Waals surface area contributed by atoms with Gasteiger partial charge in [0.2, 0.25) is 24.0 Å². The molecule has 1 aliphatic rings. The van der Waals surface area contributed by atoms with Gasteiger partial charge >= 0.3 is 11.9 Å². The lowest BCUT2D eigenvalue weighted by Crippen LogP contribution is -2.53. The first-order chi connectivity index (χ1) is 20.9. The number of ether oxygens (including phenoxy) is 3. The highest BCUT2D eigenvalue weighted by Gasteiger charge is 2.42. The molecule has 0 radical (unpaired) electrons. The van der Waals surface area contributed by atoms with Crippen LogP contribution in [-0.2, 0) is 44.8 Å². The zero-order valence-electron chi connectivity index (χ0n) is 25.2. The lowest BCUT2D eigenvalue weighted by atomic mass is 10.0. The summed E-state index contributed by atoms with van der Waals surface area (Å²) in [4.78, 5) is 70.7. The summed E-state index contributed by atoms with van der Waals surface area (Å²) in [5.74, 6) is -3.17. The van der Waals surface area contributed by atoms with Gasteiger partial charge in [-0.2, -0.15) is 0 Å². The molecular formula is C29H41N3O12. The monoisotopic (exact) mass is 623 g/mol. The molecule has 44 heavy (non-hydrogen) atoms. The first-order valence-electron chi connectivity index (χ1n) is 14.0. The number of carboxylic acids is 1. The Morgan fingerprint density at radius 1 is 1.11 bits per heavy atom. The number of rotatable bonds is 15. The maximum atomic E-state index is 12.7. The summed E-state index contributed by atoms with van der Waals surface area (Å²) in [5, 5.41) is 34.4. The number of allylic oxidation sites excluding steroid dienone is 1. The van der Waals surface area contributed by atoms with Crippen molar-refractivity contribution in [3.05, 3.63) is 35.9 Å². The molecule has 2 rings (SSSR count). The molecule has 0 spiro atoms. The predicted octanol–water partition coefficient (Wildman–Crippen LogP) is 0.515. The summed E-state index contributed by atoms with van der Waals surface area (Å²) in [6.45, 7) is 5.42. The Morgan fingerprint density at radius 3 is 2.45 bits per heavy atom. The van der Waals surface area contributed by atoms with E-state index in [1.54, 1.807) is 6.07 Å². The van der Waals surface area contributed by atoms with Gasteiger partial charge in [-0.25, -0.2) is 4.79 Å². The molecule has 3 amide bonds. The minimum absolute atomic E-state index is 0.000939. The molecule has 1 aromatic rings. The molecule has 1 saturated heterocycles. The van der Waals surface area contributed by atoms with Crippen LogP contribution in [0.5, 0.6) is 5.75 Å². The maximum absolute atomic E-state index is 12.7. The van der Waals surface area contributed by atoms with Crippen LogP contribution in [0.3, 0.4) is 0 Å². The van der Waals surface area contributed by atoms with Crippen molar-refractivity contribution in [3.63, 3.8) is 0 Å². The van der Waals surface area contributed by atoms with E-state index < -0.39 is 42.4 Å². The molecule has 4 atom stereocenters. The van der Waals surface area contributed by atoms with Gasteiger partial charge in [0, 0.05) is 52.4 Å². The van der Waals surface area contributed by atoms with Gasteiger partial charge in [0.1, 0.15) is 24.7 Å². The van der Waals surface area contributed by atoms with Crippen molar-refractivity contribution in [2.24, 2.45) is 0 Å². The van der Waals surface area contributed by atoms with Crippen molar-refractivity contribution in [2.75, 3.05) is 25.5 Å². The summed E-state index contributed by atoms with van der Waals surface area (Å²) in [5.41, 5.74) is 0.623. The molecule has 5 N–H and O–H groups in total. The highest BCUT2D eigenvalue weighted by Crippen LogP contribution is 2.31. The van der Waals surface area contributed by atoms with Crippen molar-refractivity contribution in [1.29, 1.82) is 0 Å². The summed E-state index contributed by atoms with van der Waals surface area (Å²) >= 11 is 0. The van der Waals surface area contributed by atoms with Gasteiger partial charge in [0.25, 0.3) is 0 Å². The number of aldehydes is 1. The number of amides is 3. The molecule has 1 aromatic carbocycles. The minimum Gasteiger partial charge on any atom is -0.479 e. The standard InChI is InChI=1S/C27H35N3O12.C2H6/c1-16(32)40-15-17-7-8-20(41-24-14-19(33)25(37)26(42-24)27(38)39)18(13-17)29-22(35)9-10-28-21(34)5-3-11-30(2)23(36)6-4-12-31;1-2/h4,6-8,12-13,19,24-26,33,37H,3,5,9-11,14-15H2,1-2H3,(H,28,34)(H,29,35)(H,38,39);1-2H3/b6-4-;/t19?,24?,25-,26?;/m0./s1. The number of aliphatic hydroxyl groups is 2. The number of carbonyl (C=O) groups excluding carboxylic acids is 5. The SMILES string of the molecule is CC.CC(=O)OCc1ccc(OC2CC(O)[C@H](O)C(C(=O)O)O2)c(NC(=O)CCNC(=O)CCCN(C)C(=O)/C=C\C=O)c1. The normalized spacial score (nSPS) is 19.1. The molecule has 1 fully saturated rings. The van der Waals surface area contributed by atoms with Gasteiger partial charge in [-0.15, -0.1) is 0 Å². The van der Waals surface area contributed by atoms with Crippen LogP contribution in [-0.4, -0.2) is 101 Å². The van der Waals surface area contributed by atoms with E-state index in [0.29, 0.717) is 18.3 Å². The second kappa shape index (κ2) is 19.8. The van der Waals surface area contributed by atoms with E-state index in [-0.39, 0.29) is 62.2 Å². The minimum atomic E-state index is -1.73. The molecule has 0 aliphatic carbocycles. The quantitative estimate of drug-likeness (QED) is 0.103. The highest BCUT2D eigenvalue weighted by atomic mass is 16.7. The molecule has 3 unspecified atom stereocenters. The van der Waals surface area contributed by atoms with Gasteiger partial charge in [-0.3, -0.25) is 24.0 Å². The van der Waals surface area contributed by atoms with E-state index in [2.05, 4.69) is 10.6 Å². The Hall–Kier alpha value is -4.34. The van der Waals surface area contributed by atoms with Gasteiger partial charge < -0.3 is 45.1 Å². The molecule has 0 saturated carbocycles. The zero-order chi connectivity index (χ0) is 33.2. The third-order valence-corrected chi connectivity index (χ3v) is 5.96. The molecule has 0 aromatic heterocycles. The first kappa shape index (κ1) is 37.7. The van der Waals surface area contributed by atoms with Crippen molar-refractivity contribution in [2.45, 2.75) is 77.7 Å². The van der Waals surface area contributed by atoms with Crippen molar-refractivity contribution < 1.29 is 58.3 Å². The third kappa shape index (κ3) is 13.3. The van der Waals surface area contributed by atoms with Crippen molar-refractivity contribution >= 4 is 41.6 Å². The number of nitrogens with one attached hydrogen (secondary N) is 2. The summed E-state index contributed by atoms with van der Waals surface area (Å²) in [6.07, 6.45) is -3.31. The fraction of sp³-hybridized carbons (Fsp3) is 0.517. The van der Waals surface area contributed by atoms with Crippen molar-refractivity contribution in [3.8, 4) is 5.75 Å². The number of carboxylic acid groups (broad SMARTS) is 1. The van der Waals surface area contributed by atoms with Crippen LogP contribution in [0.4, 0.5) is 5.69 Å². The maximum Gasteiger partial charge on any atom is 0.335 e. The van der Waals surface area contributed by atoms with Gasteiger partial charge in [0.05, 0.1) is 11.8 Å². The molecule has 1 heterocycles. The number of aliphatic hydroxyl groups excluding tert-OH is 2. The Morgan fingerprint density at radius 2 is 1.82 bits per heavy atom. The number of aliphatic carboxylic acids is 1. The third-order valence-electron chi connectivity index (χ3n) is 5.96. The van der Waals surface area contributed by atoms with Crippen molar-refractivity contribution in [1.82, 2.24) is 10.2 Å². The van der Waals surface area contributed by atoms with Crippen LogP contribution in [0.25, 0.3) is 0 Å². The van der Waals surface area contributed by atoms with Crippen LogP contribution in [0.15, 0.2) is 30.4 Å². The number of likely N-dealkylation sites (N-methyl/N-ethyl adjacent to an activating group) is 1. The van der Waals surface area contributed by atoms with Crippen LogP contribution in [0.1, 0.15) is 52.0 Å². The fourth-order valence-electron chi connectivity index (χ4n) is 3.76. The number of hydrogen-bond donors (Lipinski definition) is 5. The van der Waals surface area contributed by atoms with E-state index in [4.69, 9.17) is 14.2 Å². The van der Waals surface area contributed by atoms with E-state index >= 15 is 0 Å². The Kier molecular flexibility index (Phi) is 16.9. The predicted molar refractivity (Wildman–Crippen MR) is 155 cm³/mol. The molecule has 15 heteroatoms. The van der Waals surface area contributed by atoms with Gasteiger partial charge in [-0.05, 0) is 30.2 Å². The fourth-order valence-corrected chi connectivity index (χ4v) is 3.76. The largest absolute Gasteiger partial charge is 0.479 e. The first-order valence-corrected chi connectivity index (χ1v) is 14.0. The number of esters is 1.